The molecule has 4 bridgehead atoms. The summed E-state index contributed by atoms with van der Waals surface area (Å²) in [5, 5.41) is 21.6. The lowest BCUT2D eigenvalue weighted by atomic mass is 9.88. The molecule has 180 valence electrons. The first-order chi connectivity index (χ1) is 15.6. The molecule has 33 heavy (non-hydrogen) atoms. The van der Waals surface area contributed by atoms with Crippen LogP contribution < -0.4 is 15.1 Å². The Hall–Kier alpha value is -1.09. The standard InChI is InChI=1S/C12H17BrN4O2S.C7H9BrN4S/c1-12(2,3)19-11(18)17-7-4-8(17)6-16(5-7)10-15-14-9(13)20-10;8-6-10-11-7(13-6)12-2-4-1-5(3-12)9-4/h7-8H,4-6H2,1-3H3;4-5,9H,1-3H2. The van der Waals surface area contributed by atoms with Gasteiger partial charge in [0, 0.05) is 38.3 Å². The van der Waals surface area contributed by atoms with E-state index in [9.17, 15) is 4.79 Å². The van der Waals surface area contributed by atoms with E-state index in [4.69, 9.17) is 4.74 Å². The number of carbonyl (C=O) groups excluding carboxylic acids is 1. The fraction of sp³-hybridized carbons (Fsp3) is 0.737. The van der Waals surface area contributed by atoms with Crippen molar-refractivity contribution in [3.8, 4) is 0 Å². The zero-order chi connectivity index (χ0) is 23.3. The molecule has 8 heterocycles. The number of piperidine rings is 2. The molecule has 2 aromatic heterocycles. The average Bonchev–Trinajstić information content (AvgIpc) is 3.35. The molecule has 8 rings (SSSR count). The van der Waals surface area contributed by atoms with Gasteiger partial charge < -0.3 is 19.9 Å². The molecule has 0 aromatic carbocycles. The van der Waals surface area contributed by atoms with E-state index in [2.05, 4.69) is 67.4 Å². The zero-order valence-electron chi connectivity index (χ0n) is 18.6. The highest BCUT2D eigenvalue weighted by Gasteiger charge is 2.49. The summed E-state index contributed by atoms with van der Waals surface area (Å²) in [6.45, 7) is 9.45. The minimum absolute atomic E-state index is 0.197. The number of anilines is 2. The van der Waals surface area contributed by atoms with Crippen molar-refractivity contribution in [3.05, 3.63) is 7.83 Å². The maximum atomic E-state index is 12.2. The normalized spacial score (nSPS) is 27.8. The van der Waals surface area contributed by atoms with Crippen LogP contribution in [0.3, 0.4) is 0 Å². The molecule has 6 saturated heterocycles. The Morgan fingerprint density at radius 3 is 1.82 bits per heavy atom. The SMILES string of the molecule is Brc1nnc(N2CC3CC(C2)N3)s1.CC(C)(C)OC(=O)N1C2CC1CN(c1nnc(Br)s1)C2. The lowest BCUT2D eigenvalue weighted by Gasteiger charge is -2.55. The summed E-state index contributed by atoms with van der Waals surface area (Å²) >= 11 is 9.79. The molecule has 0 spiro atoms. The summed E-state index contributed by atoms with van der Waals surface area (Å²) in [6.07, 6.45) is 2.18. The Bertz CT molecular complexity index is 986. The van der Waals surface area contributed by atoms with Gasteiger partial charge in [0.15, 0.2) is 7.83 Å². The molecule has 4 atom stereocenters. The van der Waals surface area contributed by atoms with Gasteiger partial charge in [-0.2, -0.15) is 0 Å². The third-order valence-corrected chi connectivity index (χ3v) is 8.87. The third kappa shape index (κ3) is 5.29. The van der Waals surface area contributed by atoms with Crippen LogP contribution >= 0.6 is 54.5 Å². The number of amides is 1. The van der Waals surface area contributed by atoms with Crippen molar-refractivity contribution < 1.29 is 9.53 Å². The maximum Gasteiger partial charge on any atom is 0.410 e. The summed E-state index contributed by atoms with van der Waals surface area (Å²) in [5.74, 6) is 0. The van der Waals surface area contributed by atoms with Gasteiger partial charge in [0.1, 0.15) is 5.60 Å². The number of hydrogen-bond donors (Lipinski definition) is 1. The first-order valence-electron chi connectivity index (χ1n) is 10.9. The van der Waals surface area contributed by atoms with Crippen LogP contribution in [0.25, 0.3) is 0 Å². The number of nitrogens with one attached hydrogen (secondary N) is 1. The fourth-order valence-electron chi connectivity index (χ4n) is 4.70. The first kappa shape index (κ1) is 23.6. The summed E-state index contributed by atoms with van der Waals surface area (Å²) in [4.78, 5) is 18.5. The van der Waals surface area contributed by atoms with Crippen LogP contribution in [0.1, 0.15) is 33.6 Å². The molecule has 1 N–H and O–H groups in total. The molecule has 0 radical (unpaired) electrons. The molecular formula is C19H26Br2N8O2S2. The molecule has 14 heteroatoms. The van der Waals surface area contributed by atoms with E-state index in [0.717, 1.165) is 50.7 Å². The van der Waals surface area contributed by atoms with Gasteiger partial charge >= 0.3 is 6.09 Å². The second-order valence-corrected chi connectivity index (χ2v) is 14.2. The highest BCUT2D eigenvalue weighted by molar-refractivity contribution is 9.11. The third-order valence-electron chi connectivity index (χ3n) is 6.04. The van der Waals surface area contributed by atoms with E-state index < -0.39 is 5.60 Å². The Labute approximate surface area is 217 Å². The molecule has 6 fully saturated rings. The van der Waals surface area contributed by atoms with Gasteiger partial charge in [0.05, 0.1) is 12.1 Å². The number of piperazine rings is 2. The highest BCUT2D eigenvalue weighted by Crippen LogP contribution is 2.37. The Kier molecular flexibility index (Phi) is 6.57. The van der Waals surface area contributed by atoms with Gasteiger partial charge in [-0.15, -0.1) is 20.4 Å². The summed E-state index contributed by atoms with van der Waals surface area (Å²) in [7, 11) is 0. The topological polar surface area (TPSA) is 99.6 Å². The fourth-order valence-corrected chi connectivity index (χ4v) is 6.91. The van der Waals surface area contributed by atoms with Crippen molar-refractivity contribution in [2.75, 3.05) is 36.0 Å². The van der Waals surface area contributed by atoms with Crippen LogP contribution in [0.4, 0.5) is 15.1 Å². The number of aromatic nitrogens is 4. The van der Waals surface area contributed by atoms with Crippen LogP contribution in [-0.4, -0.2) is 87.3 Å². The average molecular weight is 622 g/mol. The molecule has 0 saturated carbocycles. The quantitative estimate of drug-likeness (QED) is 0.541. The van der Waals surface area contributed by atoms with Crippen molar-refractivity contribution in [1.29, 1.82) is 0 Å². The predicted octanol–water partition coefficient (Wildman–Crippen LogP) is 3.35. The molecule has 0 aliphatic carbocycles. The smallest absolute Gasteiger partial charge is 0.410 e. The van der Waals surface area contributed by atoms with Gasteiger partial charge in [0.2, 0.25) is 10.3 Å². The van der Waals surface area contributed by atoms with Crippen molar-refractivity contribution >= 4 is 70.9 Å². The van der Waals surface area contributed by atoms with Crippen LogP contribution in [0, 0.1) is 0 Å². The van der Waals surface area contributed by atoms with Crippen molar-refractivity contribution in [1.82, 2.24) is 30.6 Å². The predicted molar refractivity (Wildman–Crippen MR) is 135 cm³/mol. The Morgan fingerprint density at radius 2 is 1.39 bits per heavy atom. The van der Waals surface area contributed by atoms with Gasteiger partial charge in [-0.3, -0.25) is 4.90 Å². The monoisotopic (exact) mass is 620 g/mol. The van der Waals surface area contributed by atoms with Crippen molar-refractivity contribution in [3.63, 3.8) is 0 Å². The van der Waals surface area contributed by atoms with Crippen LogP contribution in [-0.2, 0) is 4.74 Å². The van der Waals surface area contributed by atoms with Crippen molar-refractivity contribution in [2.45, 2.75) is 63.4 Å². The van der Waals surface area contributed by atoms with Crippen LogP contribution in [0.2, 0.25) is 0 Å². The van der Waals surface area contributed by atoms with Crippen LogP contribution in [0.15, 0.2) is 7.83 Å². The summed E-state index contributed by atoms with van der Waals surface area (Å²) < 4.78 is 7.12. The number of halogens is 2. The Morgan fingerprint density at radius 1 is 0.909 bits per heavy atom. The zero-order valence-corrected chi connectivity index (χ0v) is 23.4. The van der Waals surface area contributed by atoms with E-state index in [1.165, 1.54) is 17.8 Å². The molecule has 1 amide bonds. The molecule has 6 aliphatic rings. The Balaban J connectivity index is 0.000000151. The van der Waals surface area contributed by atoms with E-state index in [0.29, 0.717) is 12.1 Å². The number of ether oxygens (including phenoxy) is 1. The number of carbonyl (C=O) groups is 1. The van der Waals surface area contributed by atoms with E-state index in [1.807, 2.05) is 25.7 Å². The van der Waals surface area contributed by atoms with E-state index >= 15 is 0 Å². The second-order valence-electron chi connectivity index (χ2n) is 9.71. The number of nitrogens with zero attached hydrogens (tertiary/aromatic N) is 7. The maximum absolute atomic E-state index is 12.2. The minimum Gasteiger partial charge on any atom is -0.444 e. The first-order valence-corrected chi connectivity index (χ1v) is 14.1. The van der Waals surface area contributed by atoms with E-state index in [-0.39, 0.29) is 18.2 Å². The van der Waals surface area contributed by atoms with Gasteiger partial charge in [-0.25, -0.2) is 4.79 Å². The van der Waals surface area contributed by atoms with Crippen molar-refractivity contribution in [2.24, 2.45) is 0 Å². The molecule has 6 aliphatic heterocycles. The van der Waals surface area contributed by atoms with Gasteiger partial charge in [0.25, 0.3) is 0 Å². The molecular weight excluding hydrogens is 596 g/mol. The molecule has 4 unspecified atom stereocenters. The second kappa shape index (κ2) is 9.17. The molecule has 10 nitrogen and oxygen atoms in total. The van der Waals surface area contributed by atoms with Gasteiger partial charge in [-0.1, -0.05) is 22.7 Å². The number of rotatable bonds is 2. The lowest BCUT2D eigenvalue weighted by molar-refractivity contribution is -0.0379. The minimum atomic E-state index is -0.440. The summed E-state index contributed by atoms with van der Waals surface area (Å²) in [6, 6.07) is 1.82. The van der Waals surface area contributed by atoms with Crippen LogP contribution in [0.5, 0.6) is 0 Å². The molecule has 2 aromatic rings. The highest BCUT2D eigenvalue weighted by atomic mass is 79.9. The number of hydrogen-bond acceptors (Lipinski definition) is 11. The largest absolute Gasteiger partial charge is 0.444 e. The number of fused-ring (bicyclic) bond motifs is 4. The van der Waals surface area contributed by atoms with E-state index in [1.54, 1.807) is 11.3 Å². The van der Waals surface area contributed by atoms with Gasteiger partial charge in [-0.05, 0) is 65.5 Å². The lowest BCUT2D eigenvalue weighted by Crippen LogP contribution is -2.70. The summed E-state index contributed by atoms with van der Waals surface area (Å²) in [5.41, 5.74) is -0.440.